The summed E-state index contributed by atoms with van der Waals surface area (Å²) < 4.78 is 1.91. The fourth-order valence-electron chi connectivity index (χ4n) is 2.63. The number of aliphatic hydroxyl groups excluding tert-OH is 2. The molecule has 1 fully saturated rings. The molecule has 2 aromatic heterocycles. The molecule has 1 saturated carbocycles. The maximum atomic E-state index is 9.83. The van der Waals surface area contributed by atoms with Crippen molar-refractivity contribution in [2.24, 2.45) is 5.92 Å². The van der Waals surface area contributed by atoms with Crippen molar-refractivity contribution in [1.82, 2.24) is 19.5 Å². The van der Waals surface area contributed by atoms with E-state index in [1.807, 2.05) is 4.57 Å². The highest BCUT2D eigenvalue weighted by molar-refractivity contribution is 5.81. The van der Waals surface area contributed by atoms with Crippen LogP contribution in [0.15, 0.2) is 12.7 Å². The molecule has 0 saturated heterocycles. The first-order valence-corrected chi connectivity index (χ1v) is 5.92. The molecular weight excluding hydrogens is 234 g/mol. The van der Waals surface area contributed by atoms with Gasteiger partial charge in [-0.15, -0.1) is 0 Å². The molecule has 7 heteroatoms. The van der Waals surface area contributed by atoms with E-state index in [2.05, 4.69) is 15.0 Å². The van der Waals surface area contributed by atoms with Gasteiger partial charge < -0.3 is 20.5 Å². The molecule has 0 aromatic carbocycles. The standard InChI is InChI=1S/C11H15N5O2/c12-10-9-11(14-4-13-10)16(5-15-9)7-1-6(3-17)8(18)2-7/h4-8,17-18H,1-3H2,(H2,12,13,14)/t6-,7-,8-/m1/s1. The second-order valence-electron chi connectivity index (χ2n) is 4.72. The molecule has 2 aromatic rings. The van der Waals surface area contributed by atoms with Crippen molar-refractivity contribution in [3.8, 4) is 0 Å². The summed E-state index contributed by atoms with van der Waals surface area (Å²) in [5, 5.41) is 19.0. The Morgan fingerprint density at radius 1 is 1.33 bits per heavy atom. The van der Waals surface area contributed by atoms with Crippen LogP contribution in [0, 0.1) is 5.92 Å². The van der Waals surface area contributed by atoms with Crippen LogP contribution in [-0.4, -0.2) is 42.4 Å². The van der Waals surface area contributed by atoms with Crippen LogP contribution < -0.4 is 5.73 Å². The molecule has 0 spiro atoms. The molecule has 18 heavy (non-hydrogen) atoms. The van der Waals surface area contributed by atoms with Crippen molar-refractivity contribution in [1.29, 1.82) is 0 Å². The fourth-order valence-corrected chi connectivity index (χ4v) is 2.63. The number of hydrogen-bond donors (Lipinski definition) is 3. The van der Waals surface area contributed by atoms with E-state index in [1.54, 1.807) is 6.33 Å². The summed E-state index contributed by atoms with van der Waals surface area (Å²) in [6, 6.07) is 0.0939. The Labute approximate surface area is 103 Å². The predicted octanol–water partition coefficient (Wildman–Crippen LogP) is -0.287. The number of nitrogens with two attached hydrogens (primary N) is 1. The molecule has 4 N–H and O–H groups in total. The van der Waals surface area contributed by atoms with Gasteiger partial charge >= 0.3 is 0 Å². The Hall–Kier alpha value is -1.73. The fraction of sp³-hybridized carbons (Fsp3) is 0.545. The van der Waals surface area contributed by atoms with Crippen LogP contribution in [0.2, 0.25) is 0 Å². The summed E-state index contributed by atoms with van der Waals surface area (Å²) in [6.45, 7) is 0.00141. The van der Waals surface area contributed by atoms with E-state index >= 15 is 0 Å². The van der Waals surface area contributed by atoms with E-state index in [1.165, 1.54) is 6.33 Å². The molecule has 0 aliphatic heterocycles. The van der Waals surface area contributed by atoms with Gasteiger partial charge in [0.25, 0.3) is 0 Å². The summed E-state index contributed by atoms with van der Waals surface area (Å²) in [6.07, 6.45) is 3.92. The highest BCUT2D eigenvalue weighted by Gasteiger charge is 2.34. The number of aromatic nitrogens is 4. The number of aliphatic hydroxyl groups is 2. The van der Waals surface area contributed by atoms with Crippen molar-refractivity contribution in [2.45, 2.75) is 25.0 Å². The molecule has 3 atom stereocenters. The number of rotatable bonds is 2. The van der Waals surface area contributed by atoms with Crippen LogP contribution in [0.25, 0.3) is 11.2 Å². The van der Waals surface area contributed by atoms with Gasteiger partial charge in [0.2, 0.25) is 0 Å². The van der Waals surface area contributed by atoms with Gasteiger partial charge in [-0.05, 0) is 12.8 Å². The lowest BCUT2D eigenvalue weighted by molar-refractivity contribution is 0.0906. The van der Waals surface area contributed by atoms with Gasteiger partial charge in [-0.3, -0.25) is 0 Å². The minimum absolute atomic E-state index is 0.00141. The van der Waals surface area contributed by atoms with Crippen molar-refractivity contribution in [3.63, 3.8) is 0 Å². The summed E-state index contributed by atoms with van der Waals surface area (Å²) in [7, 11) is 0. The van der Waals surface area contributed by atoms with Crippen molar-refractivity contribution in [2.75, 3.05) is 12.3 Å². The zero-order valence-corrected chi connectivity index (χ0v) is 9.77. The zero-order valence-electron chi connectivity index (χ0n) is 9.77. The van der Waals surface area contributed by atoms with Crippen LogP contribution in [0.5, 0.6) is 0 Å². The molecule has 7 nitrogen and oxygen atoms in total. The van der Waals surface area contributed by atoms with Gasteiger partial charge in [0.1, 0.15) is 11.8 Å². The quantitative estimate of drug-likeness (QED) is 0.674. The second-order valence-corrected chi connectivity index (χ2v) is 4.72. The maximum absolute atomic E-state index is 9.83. The first kappa shape index (κ1) is 11.4. The number of imidazole rings is 1. The summed E-state index contributed by atoms with van der Waals surface area (Å²) in [4.78, 5) is 12.3. The number of anilines is 1. The number of fused-ring (bicyclic) bond motifs is 1. The molecule has 0 bridgehead atoms. The van der Waals surface area contributed by atoms with E-state index in [4.69, 9.17) is 5.73 Å². The number of nitrogen functional groups attached to an aromatic ring is 1. The Kier molecular flexibility index (Phi) is 2.64. The Balaban J connectivity index is 1.99. The van der Waals surface area contributed by atoms with Gasteiger partial charge in [-0.2, -0.15) is 0 Å². The van der Waals surface area contributed by atoms with Crippen LogP contribution in [-0.2, 0) is 0 Å². The molecule has 2 heterocycles. The second kappa shape index (κ2) is 4.18. The third kappa shape index (κ3) is 1.63. The monoisotopic (exact) mass is 249 g/mol. The van der Waals surface area contributed by atoms with Crippen LogP contribution >= 0.6 is 0 Å². The van der Waals surface area contributed by atoms with E-state index in [0.29, 0.717) is 29.8 Å². The van der Waals surface area contributed by atoms with Crippen LogP contribution in [0.3, 0.4) is 0 Å². The van der Waals surface area contributed by atoms with E-state index in [9.17, 15) is 10.2 Å². The van der Waals surface area contributed by atoms with Crippen molar-refractivity contribution >= 4 is 17.0 Å². The van der Waals surface area contributed by atoms with Crippen LogP contribution in [0.4, 0.5) is 5.82 Å². The van der Waals surface area contributed by atoms with Crippen molar-refractivity contribution in [3.05, 3.63) is 12.7 Å². The Morgan fingerprint density at radius 3 is 2.89 bits per heavy atom. The maximum Gasteiger partial charge on any atom is 0.165 e. The van der Waals surface area contributed by atoms with Gasteiger partial charge in [-0.25, -0.2) is 15.0 Å². The van der Waals surface area contributed by atoms with Gasteiger partial charge in [0.05, 0.1) is 12.4 Å². The number of nitrogens with zero attached hydrogens (tertiary/aromatic N) is 4. The topological polar surface area (TPSA) is 110 Å². The molecule has 0 amide bonds. The Morgan fingerprint density at radius 2 is 2.17 bits per heavy atom. The minimum atomic E-state index is -0.475. The lowest BCUT2D eigenvalue weighted by Gasteiger charge is -2.11. The first-order valence-electron chi connectivity index (χ1n) is 5.92. The lowest BCUT2D eigenvalue weighted by atomic mass is 10.1. The highest BCUT2D eigenvalue weighted by Crippen LogP contribution is 2.36. The third-order valence-corrected chi connectivity index (χ3v) is 3.65. The van der Waals surface area contributed by atoms with Gasteiger partial charge in [0, 0.05) is 18.6 Å². The molecule has 1 aliphatic carbocycles. The average molecular weight is 249 g/mol. The molecule has 0 unspecified atom stereocenters. The summed E-state index contributed by atoms with van der Waals surface area (Å²) in [5.74, 6) is 0.280. The molecule has 0 radical (unpaired) electrons. The molecule has 96 valence electrons. The molecule has 3 rings (SSSR count). The van der Waals surface area contributed by atoms with E-state index < -0.39 is 6.10 Å². The normalized spacial score (nSPS) is 28.0. The Bertz CT molecular complexity index is 570. The first-order chi connectivity index (χ1) is 8.70. The van der Waals surface area contributed by atoms with Gasteiger partial charge in [-0.1, -0.05) is 0 Å². The SMILES string of the molecule is Nc1ncnc2c1ncn2[C@@H]1C[C@H](CO)[C@H](O)C1. The largest absolute Gasteiger partial charge is 0.396 e. The third-order valence-electron chi connectivity index (χ3n) is 3.65. The van der Waals surface area contributed by atoms with E-state index in [0.717, 1.165) is 0 Å². The minimum Gasteiger partial charge on any atom is -0.396 e. The lowest BCUT2D eigenvalue weighted by Crippen LogP contribution is -2.16. The van der Waals surface area contributed by atoms with Gasteiger partial charge in [0.15, 0.2) is 11.5 Å². The van der Waals surface area contributed by atoms with E-state index in [-0.39, 0.29) is 18.6 Å². The molecule has 1 aliphatic rings. The number of hydrogen-bond acceptors (Lipinski definition) is 6. The average Bonchev–Trinajstić information content (AvgIpc) is 2.93. The predicted molar refractivity (Wildman–Crippen MR) is 64.6 cm³/mol. The summed E-state index contributed by atoms with van der Waals surface area (Å²) in [5.41, 5.74) is 6.99. The molecular formula is C11H15N5O2. The van der Waals surface area contributed by atoms with Crippen LogP contribution in [0.1, 0.15) is 18.9 Å². The smallest absolute Gasteiger partial charge is 0.165 e. The zero-order chi connectivity index (χ0) is 12.7. The highest BCUT2D eigenvalue weighted by atomic mass is 16.3. The summed E-state index contributed by atoms with van der Waals surface area (Å²) >= 11 is 0. The van der Waals surface area contributed by atoms with Crippen molar-refractivity contribution < 1.29 is 10.2 Å².